The van der Waals surface area contributed by atoms with Crippen molar-refractivity contribution < 1.29 is 9.13 Å². The quantitative estimate of drug-likeness (QED) is 0.913. The van der Waals surface area contributed by atoms with Gasteiger partial charge in [0, 0.05) is 12.1 Å². The number of imidazole rings is 1. The fourth-order valence-electron chi connectivity index (χ4n) is 2.21. The molecule has 1 aromatic carbocycles. The summed E-state index contributed by atoms with van der Waals surface area (Å²) in [6, 6.07) is 4.43. The van der Waals surface area contributed by atoms with E-state index in [1.807, 2.05) is 0 Å². The van der Waals surface area contributed by atoms with E-state index in [0.717, 1.165) is 12.1 Å². The van der Waals surface area contributed by atoms with Crippen LogP contribution in [0.2, 0.25) is 0 Å². The van der Waals surface area contributed by atoms with Gasteiger partial charge in [0.2, 0.25) is 0 Å². The Morgan fingerprint density at radius 1 is 1.40 bits per heavy atom. The first-order valence-electron chi connectivity index (χ1n) is 6.64. The minimum absolute atomic E-state index is 0.178. The molecule has 2 aromatic rings. The van der Waals surface area contributed by atoms with Crippen LogP contribution >= 0.6 is 0 Å². The van der Waals surface area contributed by atoms with Crippen molar-refractivity contribution in [1.82, 2.24) is 9.55 Å². The maximum atomic E-state index is 14.0. The summed E-state index contributed by atoms with van der Waals surface area (Å²) < 4.78 is 20.9. The van der Waals surface area contributed by atoms with E-state index in [2.05, 4.69) is 18.8 Å². The number of halogens is 1. The zero-order chi connectivity index (χ0) is 14.7. The van der Waals surface area contributed by atoms with Crippen molar-refractivity contribution in [2.24, 2.45) is 11.7 Å². The number of hydrogen-bond donors (Lipinski definition) is 1. The molecule has 0 saturated carbocycles. The molecule has 5 heteroatoms. The zero-order valence-electron chi connectivity index (χ0n) is 12.0. The Labute approximate surface area is 118 Å². The summed E-state index contributed by atoms with van der Waals surface area (Å²) in [6.07, 6.45) is 4.08. The van der Waals surface area contributed by atoms with Crippen LogP contribution in [-0.4, -0.2) is 16.7 Å². The fraction of sp³-hybridized carbons (Fsp3) is 0.400. The van der Waals surface area contributed by atoms with E-state index < -0.39 is 0 Å². The van der Waals surface area contributed by atoms with E-state index >= 15 is 0 Å². The number of nitrogens with zero attached hydrogens (tertiary/aromatic N) is 2. The van der Waals surface area contributed by atoms with Gasteiger partial charge in [-0.1, -0.05) is 13.8 Å². The van der Waals surface area contributed by atoms with Crippen molar-refractivity contribution in [2.45, 2.75) is 26.3 Å². The van der Waals surface area contributed by atoms with E-state index in [9.17, 15) is 4.39 Å². The van der Waals surface area contributed by atoms with E-state index in [-0.39, 0.29) is 11.9 Å². The van der Waals surface area contributed by atoms with Gasteiger partial charge in [0.1, 0.15) is 11.6 Å². The van der Waals surface area contributed by atoms with Crippen molar-refractivity contribution in [3.05, 3.63) is 42.2 Å². The second-order valence-corrected chi connectivity index (χ2v) is 5.24. The molecule has 0 radical (unpaired) electrons. The first kappa shape index (κ1) is 14.5. The number of nitrogens with two attached hydrogens (primary N) is 1. The largest absolute Gasteiger partial charge is 0.497 e. The Bertz CT molecular complexity index is 580. The molecule has 0 amide bonds. The van der Waals surface area contributed by atoms with Crippen LogP contribution in [-0.2, 0) is 0 Å². The first-order chi connectivity index (χ1) is 9.52. The zero-order valence-corrected chi connectivity index (χ0v) is 12.0. The molecule has 0 aliphatic heterocycles. The summed E-state index contributed by atoms with van der Waals surface area (Å²) in [4.78, 5) is 4.10. The van der Waals surface area contributed by atoms with Gasteiger partial charge in [0.05, 0.1) is 31.0 Å². The van der Waals surface area contributed by atoms with Gasteiger partial charge in [-0.05, 0) is 24.5 Å². The predicted octanol–water partition coefficient (Wildman–Crippen LogP) is 3.07. The lowest BCUT2D eigenvalue weighted by Gasteiger charge is -2.17. The van der Waals surface area contributed by atoms with Crippen molar-refractivity contribution in [1.29, 1.82) is 0 Å². The Balaban J connectivity index is 2.41. The van der Waals surface area contributed by atoms with Crippen LogP contribution in [0.1, 0.15) is 32.0 Å². The average molecular weight is 277 g/mol. The lowest BCUT2D eigenvalue weighted by atomic mass is 10.0. The SMILES string of the molecule is COc1ccc(F)c(-n2cncc2C(N)CC(C)C)c1. The predicted molar refractivity (Wildman–Crippen MR) is 76.5 cm³/mol. The minimum Gasteiger partial charge on any atom is -0.497 e. The summed E-state index contributed by atoms with van der Waals surface area (Å²) >= 11 is 0. The van der Waals surface area contributed by atoms with E-state index in [0.29, 0.717) is 17.4 Å². The molecule has 1 aromatic heterocycles. The minimum atomic E-state index is -0.332. The van der Waals surface area contributed by atoms with Gasteiger partial charge in [-0.15, -0.1) is 0 Å². The lowest BCUT2D eigenvalue weighted by Crippen LogP contribution is -2.17. The molecule has 0 aliphatic carbocycles. The summed E-state index contributed by atoms with van der Waals surface area (Å²) in [7, 11) is 1.55. The third kappa shape index (κ3) is 2.99. The maximum Gasteiger partial charge on any atom is 0.147 e. The Kier molecular flexibility index (Phi) is 4.39. The van der Waals surface area contributed by atoms with Crippen LogP contribution < -0.4 is 10.5 Å². The van der Waals surface area contributed by atoms with Gasteiger partial charge < -0.3 is 10.5 Å². The van der Waals surface area contributed by atoms with Crippen LogP contribution in [0.4, 0.5) is 4.39 Å². The Morgan fingerprint density at radius 2 is 2.15 bits per heavy atom. The highest BCUT2D eigenvalue weighted by atomic mass is 19.1. The molecule has 1 unspecified atom stereocenters. The molecule has 1 atom stereocenters. The molecule has 20 heavy (non-hydrogen) atoms. The number of methoxy groups -OCH3 is 1. The van der Waals surface area contributed by atoms with Crippen molar-refractivity contribution in [3.8, 4) is 11.4 Å². The number of hydrogen-bond acceptors (Lipinski definition) is 3. The monoisotopic (exact) mass is 277 g/mol. The highest BCUT2D eigenvalue weighted by Crippen LogP contribution is 2.25. The van der Waals surface area contributed by atoms with E-state index in [1.54, 1.807) is 36.3 Å². The molecule has 2 rings (SSSR count). The molecule has 2 N–H and O–H groups in total. The van der Waals surface area contributed by atoms with Crippen LogP contribution in [0.25, 0.3) is 5.69 Å². The second kappa shape index (κ2) is 6.05. The van der Waals surface area contributed by atoms with E-state index in [1.165, 1.54) is 6.07 Å². The summed E-state index contributed by atoms with van der Waals surface area (Å²) in [6.45, 7) is 4.21. The third-order valence-electron chi connectivity index (χ3n) is 3.19. The number of ether oxygens (including phenoxy) is 1. The van der Waals surface area contributed by atoms with Crippen LogP contribution in [0.15, 0.2) is 30.7 Å². The molecule has 0 aliphatic rings. The van der Waals surface area contributed by atoms with Crippen LogP contribution in [0, 0.1) is 11.7 Å². The molecule has 0 fully saturated rings. The van der Waals surface area contributed by atoms with Crippen molar-refractivity contribution >= 4 is 0 Å². The summed E-state index contributed by atoms with van der Waals surface area (Å²) in [5.41, 5.74) is 7.38. The Hall–Kier alpha value is -1.88. The Morgan fingerprint density at radius 3 is 2.80 bits per heavy atom. The van der Waals surface area contributed by atoms with Crippen molar-refractivity contribution in [3.63, 3.8) is 0 Å². The number of rotatable bonds is 5. The normalized spacial score (nSPS) is 12.7. The second-order valence-electron chi connectivity index (χ2n) is 5.24. The molecule has 108 valence electrons. The van der Waals surface area contributed by atoms with Crippen LogP contribution in [0.3, 0.4) is 0 Å². The molecule has 0 spiro atoms. The van der Waals surface area contributed by atoms with Gasteiger partial charge in [-0.2, -0.15) is 0 Å². The summed E-state index contributed by atoms with van der Waals surface area (Å²) in [5, 5.41) is 0. The maximum absolute atomic E-state index is 14.0. The molecular formula is C15H20FN3O. The van der Waals surface area contributed by atoms with Gasteiger partial charge in [-0.25, -0.2) is 9.37 Å². The molecular weight excluding hydrogens is 257 g/mol. The fourth-order valence-corrected chi connectivity index (χ4v) is 2.21. The van der Waals surface area contributed by atoms with Gasteiger partial charge in [0.25, 0.3) is 0 Å². The molecule has 0 saturated heterocycles. The number of benzene rings is 1. The smallest absolute Gasteiger partial charge is 0.147 e. The third-order valence-corrected chi connectivity index (χ3v) is 3.19. The van der Waals surface area contributed by atoms with E-state index in [4.69, 9.17) is 10.5 Å². The molecule has 4 nitrogen and oxygen atoms in total. The van der Waals surface area contributed by atoms with Gasteiger partial charge in [-0.3, -0.25) is 4.57 Å². The molecule has 0 bridgehead atoms. The summed E-state index contributed by atoms with van der Waals surface area (Å²) in [5.74, 6) is 0.726. The van der Waals surface area contributed by atoms with Crippen molar-refractivity contribution in [2.75, 3.05) is 7.11 Å². The topological polar surface area (TPSA) is 53.1 Å². The highest BCUT2D eigenvalue weighted by Gasteiger charge is 2.16. The van der Waals surface area contributed by atoms with Gasteiger partial charge in [0.15, 0.2) is 0 Å². The van der Waals surface area contributed by atoms with Crippen LogP contribution in [0.5, 0.6) is 5.75 Å². The number of aromatic nitrogens is 2. The lowest BCUT2D eigenvalue weighted by molar-refractivity contribution is 0.413. The van der Waals surface area contributed by atoms with Gasteiger partial charge >= 0.3 is 0 Å². The average Bonchev–Trinajstić information content (AvgIpc) is 2.87. The highest BCUT2D eigenvalue weighted by molar-refractivity contribution is 5.42. The first-order valence-corrected chi connectivity index (χ1v) is 6.64. The standard InChI is InChI=1S/C15H20FN3O/c1-10(2)6-13(17)15-8-18-9-19(15)14-7-11(20-3)4-5-12(14)16/h4-5,7-10,13H,6,17H2,1-3H3. The molecule has 1 heterocycles.